The molecule has 1 aliphatic heterocycles. The zero-order chi connectivity index (χ0) is 21.7. The molecular formula is C23H13ClFNO5. The van der Waals surface area contributed by atoms with E-state index in [1.807, 2.05) is 0 Å². The van der Waals surface area contributed by atoms with Crippen molar-refractivity contribution in [1.82, 2.24) is 0 Å². The normalized spacial score (nSPS) is 16.5. The van der Waals surface area contributed by atoms with E-state index in [9.17, 15) is 19.1 Å². The van der Waals surface area contributed by atoms with Crippen molar-refractivity contribution < 1.29 is 27.9 Å². The van der Waals surface area contributed by atoms with E-state index in [0.717, 1.165) is 11.0 Å². The van der Waals surface area contributed by atoms with Gasteiger partial charge in [-0.2, -0.15) is 0 Å². The number of nitrogens with zero attached hydrogens (tertiary/aromatic N) is 1. The van der Waals surface area contributed by atoms with Crippen LogP contribution in [-0.2, 0) is 4.79 Å². The van der Waals surface area contributed by atoms with Crippen LogP contribution in [0.1, 0.15) is 22.4 Å². The van der Waals surface area contributed by atoms with Crippen LogP contribution in [0.5, 0.6) is 0 Å². The van der Waals surface area contributed by atoms with E-state index in [1.165, 1.54) is 30.5 Å². The summed E-state index contributed by atoms with van der Waals surface area (Å²) in [5.74, 6) is -2.73. The van der Waals surface area contributed by atoms with Crippen molar-refractivity contribution in [2.24, 2.45) is 0 Å². The fraction of sp³-hybridized carbons (Fsp3) is 0.0435. The van der Waals surface area contributed by atoms with Gasteiger partial charge in [-0.25, -0.2) is 4.39 Å². The van der Waals surface area contributed by atoms with Crippen LogP contribution in [0.3, 0.4) is 0 Å². The second kappa shape index (κ2) is 7.14. The molecule has 2 aromatic carbocycles. The minimum atomic E-state index is -1.10. The molecule has 3 heterocycles. The van der Waals surface area contributed by atoms with E-state index in [2.05, 4.69) is 0 Å². The van der Waals surface area contributed by atoms with Gasteiger partial charge < -0.3 is 13.9 Å². The van der Waals surface area contributed by atoms with Gasteiger partial charge in [-0.05, 0) is 54.6 Å². The Morgan fingerprint density at radius 2 is 1.94 bits per heavy atom. The van der Waals surface area contributed by atoms with Crippen molar-refractivity contribution in [2.45, 2.75) is 6.04 Å². The minimum absolute atomic E-state index is 0.0794. The monoisotopic (exact) mass is 437 g/mol. The lowest BCUT2D eigenvalue weighted by Gasteiger charge is -2.24. The molecule has 0 spiro atoms. The summed E-state index contributed by atoms with van der Waals surface area (Å²) in [6.07, 6.45) is 1.38. The summed E-state index contributed by atoms with van der Waals surface area (Å²) in [5.41, 5.74) is 0.361. The first kappa shape index (κ1) is 19.1. The summed E-state index contributed by atoms with van der Waals surface area (Å²) in [4.78, 5) is 27.4. The number of hydrogen-bond donors (Lipinski definition) is 1. The van der Waals surface area contributed by atoms with Crippen LogP contribution in [0.15, 0.2) is 87.1 Å². The summed E-state index contributed by atoms with van der Waals surface area (Å²) in [6, 6.07) is 13.7. The van der Waals surface area contributed by atoms with E-state index in [1.54, 1.807) is 30.3 Å². The second-order valence-corrected chi connectivity index (χ2v) is 7.39. The molecule has 1 N–H and O–H groups in total. The van der Waals surface area contributed by atoms with E-state index in [0.29, 0.717) is 16.0 Å². The molecule has 1 aliphatic rings. The Kier molecular flexibility index (Phi) is 4.41. The smallest absolute Gasteiger partial charge is 0.294 e. The van der Waals surface area contributed by atoms with Gasteiger partial charge in [0.1, 0.15) is 23.2 Å². The molecule has 6 nitrogen and oxygen atoms in total. The Bertz CT molecular complexity index is 1370. The van der Waals surface area contributed by atoms with Gasteiger partial charge in [-0.15, -0.1) is 0 Å². The molecule has 5 rings (SSSR count). The highest BCUT2D eigenvalue weighted by Gasteiger charge is 2.46. The number of halogens is 2. The molecule has 2 aromatic heterocycles. The standard InChI is InChI=1S/C23H13ClFNO5/c24-13-6-7-16-12(9-13)10-18(31-16)21(27)19-20(17-5-2-8-30-17)26(23(29)22(19)28)15-4-1-3-14(25)11-15/h1-11,20,28H. The van der Waals surface area contributed by atoms with Crippen molar-refractivity contribution >= 4 is 39.9 Å². The van der Waals surface area contributed by atoms with E-state index in [-0.39, 0.29) is 22.8 Å². The van der Waals surface area contributed by atoms with Gasteiger partial charge >= 0.3 is 0 Å². The lowest BCUT2D eigenvalue weighted by Crippen LogP contribution is -2.30. The molecule has 31 heavy (non-hydrogen) atoms. The zero-order valence-corrected chi connectivity index (χ0v) is 16.5. The fourth-order valence-corrected chi connectivity index (χ4v) is 3.88. The number of aliphatic hydroxyl groups is 1. The first-order chi connectivity index (χ1) is 14.9. The van der Waals surface area contributed by atoms with Crippen LogP contribution in [-0.4, -0.2) is 16.8 Å². The third kappa shape index (κ3) is 3.10. The zero-order valence-electron chi connectivity index (χ0n) is 15.7. The molecule has 0 fully saturated rings. The number of carbonyl (C=O) groups is 2. The van der Waals surface area contributed by atoms with Crippen molar-refractivity contribution in [3.8, 4) is 0 Å². The Morgan fingerprint density at radius 3 is 2.68 bits per heavy atom. The number of amides is 1. The predicted molar refractivity (Wildman–Crippen MR) is 111 cm³/mol. The van der Waals surface area contributed by atoms with Crippen molar-refractivity contribution in [3.63, 3.8) is 0 Å². The van der Waals surface area contributed by atoms with Gasteiger partial charge in [0.25, 0.3) is 5.91 Å². The third-order valence-electron chi connectivity index (χ3n) is 5.05. The van der Waals surface area contributed by atoms with E-state index in [4.69, 9.17) is 20.4 Å². The predicted octanol–water partition coefficient (Wildman–Crippen LogP) is 5.60. The molecule has 0 radical (unpaired) electrons. The summed E-state index contributed by atoms with van der Waals surface area (Å²) >= 11 is 6.00. The fourth-order valence-electron chi connectivity index (χ4n) is 3.70. The van der Waals surface area contributed by atoms with E-state index < -0.39 is 29.3 Å². The maximum Gasteiger partial charge on any atom is 0.294 e. The molecule has 154 valence electrons. The third-order valence-corrected chi connectivity index (χ3v) is 5.29. The molecule has 0 aliphatic carbocycles. The van der Waals surface area contributed by atoms with Gasteiger partial charge in [0.05, 0.1) is 11.8 Å². The number of benzene rings is 2. The largest absolute Gasteiger partial charge is 0.503 e. The molecule has 0 saturated carbocycles. The molecule has 0 saturated heterocycles. The topological polar surface area (TPSA) is 83.9 Å². The Morgan fingerprint density at radius 1 is 1.10 bits per heavy atom. The average molecular weight is 438 g/mol. The van der Waals surface area contributed by atoms with Crippen LogP contribution < -0.4 is 4.90 Å². The Hall–Kier alpha value is -3.84. The van der Waals surface area contributed by atoms with Crippen molar-refractivity contribution in [2.75, 3.05) is 4.90 Å². The van der Waals surface area contributed by atoms with Crippen molar-refractivity contribution in [1.29, 1.82) is 0 Å². The second-order valence-electron chi connectivity index (χ2n) is 6.96. The van der Waals surface area contributed by atoms with Gasteiger partial charge in [0.2, 0.25) is 5.78 Å². The average Bonchev–Trinajstić information content (AvgIpc) is 3.46. The summed E-state index contributed by atoms with van der Waals surface area (Å²) in [7, 11) is 0. The highest BCUT2D eigenvalue weighted by Crippen LogP contribution is 2.42. The Labute approximate surface area is 179 Å². The number of ketones is 1. The SMILES string of the molecule is O=C(C1=C(O)C(=O)N(c2cccc(F)c2)C1c1ccco1)c1cc2cc(Cl)ccc2o1. The maximum absolute atomic E-state index is 13.9. The number of anilines is 1. The number of Topliss-reactive ketones (excluding diaryl/α,β-unsaturated/α-hetero) is 1. The van der Waals surface area contributed by atoms with Gasteiger partial charge in [-0.1, -0.05) is 17.7 Å². The molecule has 1 atom stereocenters. The number of furan rings is 2. The van der Waals surface area contributed by atoms with Crippen LogP contribution in [0, 0.1) is 5.82 Å². The number of hydrogen-bond acceptors (Lipinski definition) is 5. The van der Waals surface area contributed by atoms with Gasteiger partial charge in [-0.3, -0.25) is 14.5 Å². The van der Waals surface area contributed by atoms with Gasteiger partial charge in [0, 0.05) is 16.1 Å². The number of rotatable bonds is 4. The number of carbonyl (C=O) groups excluding carboxylic acids is 2. The van der Waals surface area contributed by atoms with Crippen LogP contribution in [0.25, 0.3) is 11.0 Å². The minimum Gasteiger partial charge on any atom is -0.503 e. The lowest BCUT2D eigenvalue weighted by molar-refractivity contribution is -0.117. The van der Waals surface area contributed by atoms with Crippen LogP contribution in [0.2, 0.25) is 5.02 Å². The summed E-state index contributed by atoms with van der Waals surface area (Å²) in [5, 5.41) is 11.7. The molecule has 1 unspecified atom stereocenters. The Balaban J connectivity index is 1.64. The highest BCUT2D eigenvalue weighted by molar-refractivity contribution is 6.31. The van der Waals surface area contributed by atoms with Crippen LogP contribution in [0.4, 0.5) is 10.1 Å². The maximum atomic E-state index is 13.9. The first-order valence-electron chi connectivity index (χ1n) is 9.23. The van der Waals surface area contributed by atoms with Crippen molar-refractivity contribution in [3.05, 3.63) is 101 Å². The molecule has 4 aromatic rings. The molecule has 8 heteroatoms. The molecular weight excluding hydrogens is 425 g/mol. The number of aliphatic hydroxyl groups excluding tert-OH is 1. The lowest BCUT2D eigenvalue weighted by atomic mass is 9.99. The van der Waals surface area contributed by atoms with Crippen LogP contribution >= 0.6 is 11.6 Å². The number of fused-ring (bicyclic) bond motifs is 1. The quantitative estimate of drug-likeness (QED) is 0.420. The first-order valence-corrected chi connectivity index (χ1v) is 9.61. The molecule has 0 bridgehead atoms. The van der Waals surface area contributed by atoms with Gasteiger partial charge in [0.15, 0.2) is 11.5 Å². The summed E-state index contributed by atoms with van der Waals surface area (Å²) in [6.45, 7) is 0. The van der Waals surface area contributed by atoms with E-state index >= 15 is 0 Å². The highest BCUT2D eigenvalue weighted by atomic mass is 35.5. The summed E-state index contributed by atoms with van der Waals surface area (Å²) < 4.78 is 24.9. The molecule has 1 amide bonds.